The van der Waals surface area contributed by atoms with Crippen LogP contribution in [0.4, 0.5) is 0 Å². The lowest BCUT2D eigenvalue weighted by atomic mass is 10.1. The van der Waals surface area contributed by atoms with E-state index in [-0.39, 0.29) is 26.4 Å². The standard InChI is InChI=1S/C83H56N6O8/c90-79(94-49-53-21-5-1-6-22-53)57-37-41-73-65(45-57)66-46-58(80(91)95-50-54-23-7-2-8-24-54)38-42-74(66)87(73)71-35-19-15-31-63(71)77-84-78(86-83(85-77)89-69-33-17-13-29-61(69)62-30-14-18-34-70(62)89)64-32-16-20-36-72(64)88-75-43-39-59(81(92)96-51-55-25-9-3-10-26-55)47-67(75)68-48-60(40-44-76(68)88)82(93)97-52-56-27-11-4-12-28-56/h1-48H,49-52H2. The van der Waals surface area contributed by atoms with Gasteiger partial charge in [-0.2, -0.15) is 9.97 Å². The van der Waals surface area contributed by atoms with E-state index < -0.39 is 23.9 Å². The summed E-state index contributed by atoms with van der Waals surface area (Å²) in [6, 6.07) is 92.1. The molecule has 0 atom stereocenters. The zero-order chi connectivity index (χ0) is 65.3. The molecule has 0 N–H and O–H groups in total. The minimum atomic E-state index is -0.505. The lowest BCUT2D eigenvalue weighted by Crippen LogP contribution is -2.09. The molecule has 466 valence electrons. The van der Waals surface area contributed by atoms with Gasteiger partial charge in [0.2, 0.25) is 5.95 Å². The lowest BCUT2D eigenvalue weighted by Gasteiger charge is -2.17. The average Bonchev–Trinajstić information content (AvgIpc) is 1.61. The molecule has 14 nitrogen and oxygen atoms in total. The predicted octanol–water partition coefficient (Wildman–Crippen LogP) is 17.9. The van der Waals surface area contributed by atoms with Gasteiger partial charge in [0.05, 0.1) is 66.7 Å². The quantitative estimate of drug-likeness (QED) is 0.0631. The van der Waals surface area contributed by atoms with Crippen molar-refractivity contribution in [1.82, 2.24) is 28.7 Å². The van der Waals surface area contributed by atoms with Gasteiger partial charge in [0.15, 0.2) is 11.6 Å². The Hall–Kier alpha value is -13.1. The number of hydrogen-bond acceptors (Lipinski definition) is 11. The summed E-state index contributed by atoms with van der Waals surface area (Å²) in [6.45, 7) is 0.339. The van der Waals surface area contributed by atoms with Gasteiger partial charge in [0, 0.05) is 43.4 Å². The van der Waals surface area contributed by atoms with Crippen molar-refractivity contribution >= 4 is 89.3 Å². The Morgan fingerprint density at radius 2 is 0.526 bits per heavy atom. The van der Waals surface area contributed by atoms with Crippen molar-refractivity contribution in [3.63, 3.8) is 0 Å². The largest absolute Gasteiger partial charge is 0.457 e. The number of benzene rings is 12. The number of esters is 4. The fourth-order valence-electron chi connectivity index (χ4n) is 12.9. The molecule has 16 rings (SSSR count). The number of rotatable bonds is 17. The van der Waals surface area contributed by atoms with Gasteiger partial charge >= 0.3 is 23.9 Å². The number of nitrogens with zero attached hydrogens (tertiary/aromatic N) is 6. The third-order valence-corrected chi connectivity index (χ3v) is 17.5. The number of carbonyl (C=O) groups excluding carboxylic acids is 4. The third-order valence-electron chi connectivity index (χ3n) is 17.5. The van der Waals surface area contributed by atoms with Crippen molar-refractivity contribution in [2.45, 2.75) is 26.4 Å². The van der Waals surface area contributed by atoms with Gasteiger partial charge in [0.25, 0.3) is 0 Å². The summed E-state index contributed by atoms with van der Waals surface area (Å²) in [6.07, 6.45) is 0. The van der Waals surface area contributed by atoms with Crippen LogP contribution in [0.15, 0.2) is 291 Å². The summed E-state index contributed by atoms with van der Waals surface area (Å²) in [5.74, 6) is -0.996. The normalized spacial score (nSPS) is 11.4. The predicted molar refractivity (Wildman–Crippen MR) is 376 cm³/mol. The molecule has 14 heteroatoms. The van der Waals surface area contributed by atoms with Gasteiger partial charge in [0.1, 0.15) is 26.4 Å². The summed E-state index contributed by atoms with van der Waals surface area (Å²) in [7, 11) is 0. The van der Waals surface area contributed by atoms with Gasteiger partial charge in [-0.15, -0.1) is 0 Å². The molecule has 0 saturated carbocycles. The molecule has 97 heavy (non-hydrogen) atoms. The maximum absolute atomic E-state index is 14.0. The summed E-state index contributed by atoms with van der Waals surface area (Å²) in [5, 5.41) is 4.77. The minimum absolute atomic E-state index is 0.0847. The molecule has 0 saturated heterocycles. The van der Waals surface area contributed by atoms with Gasteiger partial charge in [-0.1, -0.05) is 182 Å². The highest BCUT2D eigenvalue weighted by Crippen LogP contribution is 2.41. The van der Waals surface area contributed by atoms with E-state index in [0.717, 1.165) is 66.1 Å². The number of aromatic nitrogens is 6. The molecule has 0 aliphatic heterocycles. The maximum atomic E-state index is 14.0. The molecular formula is C83H56N6O8. The first-order valence-electron chi connectivity index (χ1n) is 31.7. The van der Waals surface area contributed by atoms with Crippen LogP contribution >= 0.6 is 0 Å². The molecule has 0 aliphatic rings. The number of ether oxygens (including phenoxy) is 4. The van der Waals surface area contributed by atoms with E-state index in [1.54, 1.807) is 24.3 Å². The van der Waals surface area contributed by atoms with E-state index in [4.69, 9.17) is 33.9 Å². The van der Waals surface area contributed by atoms with Crippen LogP contribution in [0.1, 0.15) is 63.7 Å². The molecule has 0 fully saturated rings. The Morgan fingerprint density at radius 3 is 0.845 bits per heavy atom. The van der Waals surface area contributed by atoms with Crippen LogP contribution in [-0.2, 0) is 45.4 Å². The number of hydrogen-bond donors (Lipinski definition) is 0. The molecule has 0 spiro atoms. The highest BCUT2D eigenvalue weighted by Gasteiger charge is 2.26. The lowest BCUT2D eigenvalue weighted by molar-refractivity contribution is 0.0464. The molecule has 4 heterocycles. The summed E-state index contributed by atoms with van der Waals surface area (Å²) in [4.78, 5) is 72.6. The van der Waals surface area contributed by atoms with Gasteiger partial charge in [-0.3, -0.25) is 4.57 Å². The number of carbonyl (C=O) groups is 4. The van der Waals surface area contributed by atoms with E-state index in [2.05, 4.69) is 38.0 Å². The van der Waals surface area contributed by atoms with Crippen LogP contribution in [0.3, 0.4) is 0 Å². The van der Waals surface area contributed by atoms with Crippen LogP contribution in [0.5, 0.6) is 0 Å². The van der Waals surface area contributed by atoms with Crippen LogP contribution in [0, 0.1) is 0 Å². The molecule has 16 aromatic rings. The van der Waals surface area contributed by atoms with E-state index in [0.29, 0.717) is 83.9 Å². The Balaban J connectivity index is 0.874. The van der Waals surface area contributed by atoms with Crippen molar-refractivity contribution in [3.8, 4) is 40.1 Å². The first-order chi connectivity index (χ1) is 47.8. The third kappa shape index (κ3) is 11.3. The fraction of sp³-hybridized carbons (Fsp3) is 0.0482. The van der Waals surface area contributed by atoms with Crippen LogP contribution < -0.4 is 0 Å². The Bertz CT molecular complexity index is 5180. The topological polar surface area (TPSA) is 159 Å². The van der Waals surface area contributed by atoms with E-state index in [1.165, 1.54) is 0 Å². The monoisotopic (exact) mass is 1260 g/mol. The second-order valence-corrected chi connectivity index (χ2v) is 23.5. The molecule has 0 radical (unpaired) electrons. The molecule has 0 amide bonds. The first kappa shape index (κ1) is 59.0. The zero-order valence-electron chi connectivity index (χ0n) is 52.0. The molecule has 0 unspecified atom stereocenters. The number of fused-ring (bicyclic) bond motifs is 9. The van der Waals surface area contributed by atoms with Gasteiger partial charge < -0.3 is 28.1 Å². The van der Waals surface area contributed by atoms with Crippen molar-refractivity contribution in [2.75, 3.05) is 0 Å². The van der Waals surface area contributed by atoms with Crippen molar-refractivity contribution in [1.29, 1.82) is 0 Å². The SMILES string of the molecule is O=C(OCc1ccccc1)c1ccc2c(c1)c1cc(C(=O)OCc3ccccc3)ccc1n2-c1ccccc1-c1nc(-c2ccccc2-n2c3ccc(C(=O)OCc4ccccc4)cc3c3cc(C(=O)OCc4ccccc4)ccc32)nc(-n2c3ccccc3c3ccccc32)n1. The highest BCUT2D eigenvalue weighted by molar-refractivity contribution is 6.15. The molecule has 4 aromatic heterocycles. The first-order valence-corrected chi connectivity index (χ1v) is 31.7. The summed E-state index contributed by atoms with van der Waals surface area (Å²) >= 11 is 0. The van der Waals surface area contributed by atoms with Gasteiger partial charge in [-0.05, 0) is 131 Å². The number of para-hydroxylation sites is 4. The van der Waals surface area contributed by atoms with Crippen molar-refractivity contribution in [2.24, 2.45) is 0 Å². The van der Waals surface area contributed by atoms with Crippen LogP contribution in [-0.4, -0.2) is 52.5 Å². The van der Waals surface area contributed by atoms with Gasteiger partial charge in [-0.25, -0.2) is 24.2 Å². The Kier molecular flexibility index (Phi) is 15.5. The second-order valence-electron chi connectivity index (χ2n) is 23.5. The fourth-order valence-corrected chi connectivity index (χ4v) is 12.9. The Labute approximate surface area is 555 Å². The molecule has 0 bridgehead atoms. The van der Waals surface area contributed by atoms with E-state index >= 15 is 0 Å². The summed E-state index contributed by atoms with van der Waals surface area (Å²) < 4.78 is 29.8. The van der Waals surface area contributed by atoms with Crippen LogP contribution in [0.2, 0.25) is 0 Å². The van der Waals surface area contributed by atoms with Crippen molar-refractivity contribution < 1.29 is 38.1 Å². The highest BCUT2D eigenvalue weighted by atomic mass is 16.5. The summed E-state index contributed by atoms with van der Waals surface area (Å²) in [5.41, 5.74) is 12.1. The minimum Gasteiger partial charge on any atom is -0.457 e. The van der Waals surface area contributed by atoms with Crippen LogP contribution in [0.25, 0.3) is 106 Å². The Morgan fingerprint density at radius 1 is 0.258 bits per heavy atom. The maximum Gasteiger partial charge on any atom is 0.338 e. The van der Waals surface area contributed by atoms with E-state index in [1.807, 2.05) is 243 Å². The molecular weight excluding hydrogens is 1210 g/mol. The van der Waals surface area contributed by atoms with E-state index in [9.17, 15) is 19.2 Å². The molecule has 12 aromatic carbocycles. The van der Waals surface area contributed by atoms with Crippen molar-refractivity contribution in [3.05, 3.63) is 336 Å². The molecule has 0 aliphatic carbocycles. The average molecular weight is 1270 g/mol. The second kappa shape index (κ2) is 25.4. The zero-order valence-corrected chi connectivity index (χ0v) is 52.0. The smallest absolute Gasteiger partial charge is 0.338 e.